The van der Waals surface area contributed by atoms with Crippen LogP contribution < -0.4 is 5.32 Å². The van der Waals surface area contributed by atoms with E-state index in [9.17, 15) is 5.11 Å². The van der Waals surface area contributed by atoms with Crippen molar-refractivity contribution in [3.8, 4) is 11.1 Å². The van der Waals surface area contributed by atoms with Crippen molar-refractivity contribution in [2.75, 3.05) is 13.6 Å². The third kappa shape index (κ3) is 2.84. The van der Waals surface area contributed by atoms with Crippen molar-refractivity contribution in [3.63, 3.8) is 0 Å². The summed E-state index contributed by atoms with van der Waals surface area (Å²) >= 11 is 0. The monoisotopic (exact) mass is 280 g/mol. The highest BCUT2D eigenvalue weighted by Crippen LogP contribution is 2.30. The second-order valence-electron chi connectivity index (χ2n) is 5.29. The Hall–Kier alpha value is -2.10. The molecule has 0 bridgehead atoms. The number of rotatable bonds is 5. The Morgan fingerprint density at radius 3 is 2.52 bits per heavy atom. The van der Waals surface area contributed by atoms with Gasteiger partial charge in [-0.1, -0.05) is 48.5 Å². The number of aliphatic hydroxyl groups excluding tert-OH is 1. The molecule has 0 aliphatic heterocycles. The van der Waals surface area contributed by atoms with Crippen LogP contribution in [-0.4, -0.2) is 29.4 Å². The number of aromatic nitrogens is 1. The number of benzene rings is 2. The zero-order chi connectivity index (χ0) is 14.7. The highest BCUT2D eigenvalue weighted by molar-refractivity contribution is 5.96. The third-order valence-corrected chi connectivity index (χ3v) is 3.72. The van der Waals surface area contributed by atoms with Gasteiger partial charge in [-0.15, -0.1) is 0 Å². The van der Waals surface area contributed by atoms with E-state index >= 15 is 0 Å². The molecule has 1 unspecified atom stereocenters. The fraction of sp³-hybridized carbons (Fsp3) is 0.222. The Kier molecular flexibility index (Phi) is 4.04. The first kappa shape index (κ1) is 13.9. The Balaban J connectivity index is 2.06. The number of nitrogens with zero attached hydrogens (tertiary/aromatic N) is 1. The van der Waals surface area contributed by atoms with Gasteiger partial charge in [0.15, 0.2) is 0 Å². The number of aliphatic hydroxyl groups is 1. The van der Waals surface area contributed by atoms with Gasteiger partial charge in [-0.05, 0) is 18.7 Å². The van der Waals surface area contributed by atoms with Gasteiger partial charge in [-0.25, -0.2) is 0 Å². The van der Waals surface area contributed by atoms with Crippen LogP contribution in [0.5, 0.6) is 0 Å². The Bertz CT molecular complexity index is 718. The number of hydrogen-bond acceptors (Lipinski definition) is 2. The van der Waals surface area contributed by atoms with Crippen LogP contribution in [0.15, 0.2) is 60.8 Å². The Morgan fingerprint density at radius 1 is 1.05 bits per heavy atom. The summed E-state index contributed by atoms with van der Waals surface area (Å²) in [5.74, 6) is 0. The van der Waals surface area contributed by atoms with Crippen LogP contribution in [0.3, 0.4) is 0 Å². The quantitative estimate of drug-likeness (QED) is 0.754. The first-order valence-corrected chi connectivity index (χ1v) is 7.25. The van der Waals surface area contributed by atoms with E-state index in [-0.39, 0.29) is 0 Å². The van der Waals surface area contributed by atoms with Crippen LogP contribution in [0, 0.1) is 0 Å². The molecule has 2 aromatic carbocycles. The van der Waals surface area contributed by atoms with E-state index in [1.54, 1.807) is 0 Å². The van der Waals surface area contributed by atoms with Crippen LogP contribution in [-0.2, 0) is 6.54 Å². The highest BCUT2D eigenvalue weighted by Gasteiger charge is 2.12. The first-order valence-electron chi connectivity index (χ1n) is 7.25. The standard InChI is InChI=1S/C18H20N2O/c1-19-11-15(21)12-20-13-17(14-7-3-2-4-8-14)16-9-5-6-10-18(16)20/h2-10,13,15,19,21H,11-12H2,1H3. The normalized spacial score (nSPS) is 12.7. The van der Waals surface area contributed by atoms with E-state index in [4.69, 9.17) is 0 Å². The molecule has 0 aliphatic carbocycles. The third-order valence-electron chi connectivity index (χ3n) is 3.72. The molecule has 0 fully saturated rings. The van der Waals surface area contributed by atoms with Gasteiger partial charge < -0.3 is 15.0 Å². The molecule has 0 spiro atoms. The summed E-state index contributed by atoms with van der Waals surface area (Å²) in [5, 5.41) is 14.3. The molecule has 0 saturated heterocycles. The predicted octanol–water partition coefficient (Wildman–Crippen LogP) is 2.89. The summed E-state index contributed by atoms with van der Waals surface area (Å²) in [6, 6.07) is 18.7. The molecule has 3 rings (SSSR count). The molecule has 1 atom stereocenters. The molecule has 1 heterocycles. The fourth-order valence-corrected chi connectivity index (χ4v) is 2.77. The van der Waals surface area contributed by atoms with Gasteiger partial charge >= 0.3 is 0 Å². The fourth-order valence-electron chi connectivity index (χ4n) is 2.77. The second kappa shape index (κ2) is 6.12. The van der Waals surface area contributed by atoms with Gasteiger partial charge in [0.1, 0.15) is 0 Å². The van der Waals surface area contributed by atoms with E-state index in [0.29, 0.717) is 13.1 Å². The average Bonchev–Trinajstić information content (AvgIpc) is 2.87. The molecule has 3 heteroatoms. The minimum absolute atomic E-state index is 0.394. The first-order chi connectivity index (χ1) is 10.3. The zero-order valence-corrected chi connectivity index (χ0v) is 12.2. The van der Waals surface area contributed by atoms with E-state index < -0.39 is 6.10 Å². The lowest BCUT2D eigenvalue weighted by atomic mass is 10.1. The summed E-state index contributed by atoms with van der Waals surface area (Å²) in [5.41, 5.74) is 3.57. The molecule has 3 aromatic rings. The van der Waals surface area contributed by atoms with Crippen LogP contribution in [0.25, 0.3) is 22.0 Å². The second-order valence-corrected chi connectivity index (χ2v) is 5.29. The molecule has 3 nitrogen and oxygen atoms in total. The van der Waals surface area contributed by atoms with Gasteiger partial charge in [0.25, 0.3) is 0 Å². The molecular formula is C18H20N2O. The van der Waals surface area contributed by atoms with Crippen LogP contribution in [0.4, 0.5) is 0 Å². The highest BCUT2D eigenvalue weighted by atomic mass is 16.3. The number of likely N-dealkylation sites (N-methyl/N-ethyl adjacent to an activating group) is 1. The van der Waals surface area contributed by atoms with Crippen molar-refractivity contribution in [1.82, 2.24) is 9.88 Å². The van der Waals surface area contributed by atoms with E-state index in [0.717, 1.165) is 5.52 Å². The van der Waals surface area contributed by atoms with Gasteiger partial charge in [-0.3, -0.25) is 0 Å². The maximum absolute atomic E-state index is 10.1. The van der Waals surface area contributed by atoms with Crippen molar-refractivity contribution in [1.29, 1.82) is 0 Å². The lowest BCUT2D eigenvalue weighted by Gasteiger charge is -2.11. The van der Waals surface area contributed by atoms with E-state index in [2.05, 4.69) is 58.5 Å². The number of nitrogens with one attached hydrogen (secondary N) is 1. The topological polar surface area (TPSA) is 37.2 Å². The zero-order valence-electron chi connectivity index (χ0n) is 12.2. The molecule has 0 amide bonds. The molecule has 0 radical (unpaired) electrons. The lowest BCUT2D eigenvalue weighted by Crippen LogP contribution is -2.27. The maximum Gasteiger partial charge on any atom is 0.0843 e. The summed E-state index contributed by atoms with van der Waals surface area (Å²) in [4.78, 5) is 0. The minimum atomic E-state index is -0.394. The smallest absolute Gasteiger partial charge is 0.0843 e. The predicted molar refractivity (Wildman–Crippen MR) is 87.3 cm³/mol. The van der Waals surface area contributed by atoms with Crippen molar-refractivity contribution in [2.45, 2.75) is 12.6 Å². The Labute approximate surface area is 124 Å². The van der Waals surface area contributed by atoms with E-state index in [1.807, 2.05) is 19.2 Å². The van der Waals surface area contributed by atoms with Gasteiger partial charge in [0.2, 0.25) is 0 Å². The van der Waals surface area contributed by atoms with Gasteiger partial charge in [0.05, 0.1) is 6.10 Å². The molecule has 108 valence electrons. The Morgan fingerprint density at radius 2 is 1.76 bits per heavy atom. The van der Waals surface area contributed by atoms with Gasteiger partial charge in [0, 0.05) is 35.8 Å². The molecule has 2 N–H and O–H groups in total. The molecule has 21 heavy (non-hydrogen) atoms. The number of para-hydroxylation sites is 1. The van der Waals surface area contributed by atoms with Crippen molar-refractivity contribution in [2.24, 2.45) is 0 Å². The van der Waals surface area contributed by atoms with Crippen LogP contribution >= 0.6 is 0 Å². The molecule has 0 aliphatic rings. The minimum Gasteiger partial charge on any atom is -0.390 e. The van der Waals surface area contributed by atoms with Crippen molar-refractivity contribution in [3.05, 3.63) is 60.8 Å². The van der Waals surface area contributed by atoms with E-state index in [1.165, 1.54) is 16.5 Å². The summed E-state index contributed by atoms with van der Waals surface area (Å²) in [6.45, 7) is 1.18. The van der Waals surface area contributed by atoms with Crippen LogP contribution in [0.1, 0.15) is 0 Å². The summed E-state index contributed by atoms with van der Waals surface area (Å²) < 4.78 is 2.14. The summed E-state index contributed by atoms with van der Waals surface area (Å²) in [7, 11) is 1.85. The van der Waals surface area contributed by atoms with Gasteiger partial charge in [-0.2, -0.15) is 0 Å². The lowest BCUT2D eigenvalue weighted by molar-refractivity contribution is 0.155. The number of fused-ring (bicyclic) bond motifs is 1. The number of hydrogen-bond donors (Lipinski definition) is 2. The van der Waals surface area contributed by atoms with Crippen molar-refractivity contribution >= 4 is 10.9 Å². The largest absolute Gasteiger partial charge is 0.390 e. The average molecular weight is 280 g/mol. The SMILES string of the molecule is CNCC(O)Cn1cc(-c2ccccc2)c2ccccc21. The van der Waals surface area contributed by atoms with Crippen LogP contribution in [0.2, 0.25) is 0 Å². The molecule has 1 aromatic heterocycles. The van der Waals surface area contributed by atoms with Crippen molar-refractivity contribution < 1.29 is 5.11 Å². The molecular weight excluding hydrogens is 260 g/mol. The summed E-state index contributed by atoms with van der Waals surface area (Å²) in [6.07, 6.45) is 1.74. The molecule has 0 saturated carbocycles. The maximum atomic E-state index is 10.1.